The predicted octanol–water partition coefficient (Wildman–Crippen LogP) is 2.02. The summed E-state index contributed by atoms with van der Waals surface area (Å²) in [6.07, 6.45) is 2.41. The average molecular weight is 302 g/mol. The van der Waals surface area contributed by atoms with Crippen molar-refractivity contribution in [3.05, 3.63) is 16.1 Å². The number of aromatic nitrogens is 1. The molecule has 1 N–H and O–H groups in total. The van der Waals surface area contributed by atoms with E-state index in [1.807, 2.05) is 5.38 Å². The third-order valence-electron chi connectivity index (χ3n) is 3.62. The van der Waals surface area contributed by atoms with E-state index in [2.05, 4.69) is 29.2 Å². The van der Waals surface area contributed by atoms with Gasteiger partial charge in [-0.3, -0.25) is 4.79 Å². The predicted molar refractivity (Wildman–Crippen MR) is 78.6 cm³/mol. The molecule has 4 nitrogen and oxygen atoms in total. The molecule has 1 aliphatic heterocycles. The number of hydrogen-bond donors (Lipinski definition) is 1. The maximum Gasteiger partial charge on any atom is 0.227 e. The Kier molecular flexibility index (Phi) is 5.19. The van der Waals surface area contributed by atoms with Crippen molar-refractivity contribution in [1.82, 2.24) is 15.2 Å². The van der Waals surface area contributed by atoms with Gasteiger partial charge >= 0.3 is 0 Å². The first-order valence-corrected chi connectivity index (χ1v) is 7.98. The molecule has 1 aromatic rings. The maximum atomic E-state index is 12.0. The summed E-state index contributed by atoms with van der Waals surface area (Å²) in [6.45, 7) is 3.24. The van der Waals surface area contributed by atoms with Crippen molar-refractivity contribution in [2.45, 2.75) is 44.1 Å². The number of nitrogens with zero attached hydrogens (tertiary/aromatic N) is 2. The van der Waals surface area contributed by atoms with Crippen LogP contribution >= 0.6 is 22.9 Å². The zero-order chi connectivity index (χ0) is 13.8. The molecule has 1 aromatic heterocycles. The van der Waals surface area contributed by atoms with Gasteiger partial charge in [-0.1, -0.05) is 0 Å². The van der Waals surface area contributed by atoms with Gasteiger partial charge < -0.3 is 10.2 Å². The van der Waals surface area contributed by atoms with E-state index < -0.39 is 0 Å². The highest BCUT2D eigenvalue weighted by Gasteiger charge is 2.24. The van der Waals surface area contributed by atoms with Crippen molar-refractivity contribution in [2.75, 3.05) is 13.6 Å². The number of thiazole rings is 1. The minimum atomic E-state index is 0.0669. The highest BCUT2D eigenvalue weighted by atomic mass is 35.5. The van der Waals surface area contributed by atoms with Crippen LogP contribution in [0.15, 0.2) is 5.38 Å². The second-order valence-corrected chi connectivity index (χ2v) is 6.37. The molecule has 1 aliphatic rings. The first-order chi connectivity index (χ1) is 9.08. The van der Waals surface area contributed by atoms with Crippen LogP contribution in [0.25, 0.3) is 0 Å². The fourth-order valence-corrected chi connectivity index (χ4v) is 3.35. The molecule has 6 heteroatoms. The van der Waals surface area contributed by atoms with Crippen LogP contribution in [0.4, 0.5) is 0 Å². The van der Waals surface area contributed by atoms with E-state index in [1.54, 1.807) is 0 Å². The number of amides is 1. The van der Waals surface area contributed by atoms with Crippen LogP contribution in [-0.4, -0.2) is 41.5 Å². The van der Waals surface area contributed by atoms with Gasteiger partial charge in [-0.05, 0) is 26.8 Å². The summed E-state index contributed by atoms with van der Waals surface area (Å²) in [5.41, 5.74) is 0.849. The molecule has 0 saturated carbocycles. The molecule has 0 radical (unpaired) electrons. The standard InChI is InChI=1S/C13H20ClN3OS/c1-9-5-10(3-4-17(9)2)15-12(18)6-13-16-11(7-14)8-19-13/h8-10H,3-7H2,1-2H3,(H,15,18). The fourth-order valence-electron chi connectivity index (χ4n) is 2.33. The molecule has 19 heavy (non-hydrogen) atoms. The van der Waals surface area contributed by atoms with E-state index in [9.17, 15) is 4.79 Å². The minimum absolute atomic E-state index is 0.0669. The highest BCUT2D eigenvalue weighted by molar-refractivity contribution is 7.09. The van der Waals surface area contributed by atoms with Crippen LogP contribution in [0.5, 0.6) is 0 Å². The number of halogens is 1. The van der Waals surface area contributed by atoms with Crippen LogP contribution in [-0.2, 0) is 17.1 Å². The second-order valence-electron chi connectivity index (χ2n) is 5.16. The number of rotatable bonds is 4. The molecule has 0 aromatic carbocycles. The molecular formula is C13H20ClN3OS. The zero-order valence-electron chi connectivity index (χ0n) is 11.4. The number of hydrogen-bond acceptors (Lipinski definition) is 4. The van der Waals surface area contributed by atoms with Crippen LogP contribution in [0.2, 0.25) is 0 Å². The number of likely N-dealkylation sites (tertiary alicyclic amines) is 1. The topological polar surface area (TPSA) is 45.2 Å². The van der Waals surface area contributed by atoms with Gasteiger partial charge in [0.15, 0.2) is 0 Å². The summed E-state index contributed by atoms with van der Waals surface area (Å²) in [5, 5.41) is 5.87. The third-order valence-corrected chi connectivity index (χ3v) is 4.79. The lowest BCUT2D eigenvalue weighted by molar-refractivity contribution is -0.121. The summed E-state index contributed by atoms with van der Waals surface area (Å²) in [6, 6.07) is 0.827. The molecule has 1 amide bonds. The number of carbonyl (C=O) groups excluding carboxylic acids is 1. The van der Waals surface area contributed by atoms with E-state index in [-0.39, 0.29) is 5.91 Å². The molecule has 1 fully saturated rings. The maximum absolute atomic E-state index is 12.0. The van der Waals surface area contributed by atoms with Gasteiger partial charge in [0.05, 0.1) is 18.0 Å². The van der Waals surface area contributed by atoms with Crippen molar-refractivity contribution >= 4 is 28.8 Å². The summed E-state index contributed by atoms with van der Waals surface area (Å²) >= 11 is 7.20. The van der Waals surface area contributed by atoms with Crippen molar-refractivity contribution in [2.24, 2.45) is 0 Å². The molecule has 2 atom stereocenters. The minimum Gasteiger partial charge on any atom is -0.353 e. The molecule has 0 aliphatic carbocycles. The molecule has 0 spiro atoms. The average Bonchev–Trinajstić information content (AvgIpc) is 2.81. The largest absolute Gasteiger partial charge is 0.353 e. The van der Waals surface area contributed by atoms with E-state index in [4.69, 9.17) is 11.6 Å². The highest BCUT2D eigenvalue weighted by Crippen LogP contribution is 2.16. The second kappa shape index (κ2) is 6.68. The Morgan fingerprint density at radius 1 is 1.68 bits per heavy atom. The van der Waals surface area contributed by atoms with E-state index >= 15 is 0 Å². The summed E-state index contributed by atoms with van der Waals surface area (Å²) < 4.78 is 0. The number of nitrogens with one attached hydrogen (secondary N) is 1. The summed E-state index contributed by atoms with van der Waals surface area (Å²) in [4.78, 5) is 18.6. The SMILES string of the molecule is CC1CC(NC(=O)Cc2nc(CCl)cs2)CCN1C. The molecule has 1 saturated heterocycles. The number of piperidine rings is 1. The van der Waals surface area contributed by atoms with Crippen LogP contribution < -0.4 is 5.32 Å². The van der Waals surface area contributed by atoms with Crippen molar-refractivity contribution < 1.29 is 4.79 Å². The number of alkyl halides is 1. The molecule has 106 valence electrons. The van der Waals surface area contributed by atoms with Gasteiger partial charge in [0.1, 0.15) is 5.01 Å². The fraction of sp³-hybridized carbons (Fsp3) is 0.692. The molecule has 0 bridgehead atoms. The quantitative estimate of drug-likeness (QED) is 0.866. The van der Waals surface area contributed by atoms with E-state index in [0.717, 1.165) is 30.1 Å². The van der Waals surface area contributed by atoms with Gasteiger partial charge in [0.25, 0.3) is 0 Å². The van der Waals surface area contributed by atoms with Gasteiger partial charge in [0, 0.05) is 24.0 Å². The van der Waals surface area contributed by atoms with Crippen LogP contribution in [0.1, 0.15) is 30.5 Å². The Bertz CT molecular complexity index is 437. The monoisotopic (exact) mass is 301 g/mol. The van der Waals surface area contributed by atoms with Gasteiger partial charge in [-0.25, -0.2) is 4.98 Å². The van der Waals surface area contributed by atoms with Crippen LogP contribution in [0.3, 0.4) is 0 Å². The Labute approximate surface area is 123 Å². The third kappa shape index (κ3) is 4.16. The number of carbonyl (C=O) groups is 1. The Morgan fingerprint density at radius 3 is 3.11 bits per heavy atom. The van der Waals surface area contributed by atoms with Gasteiger partial charge in [-0.15, -0.1) is 22.9 Å². The van der Waals surface area contributed by atoms with E-state index in [0.29, 0.717) is 24.4 Å². The Morgan fingerprint density at radius 2 is 2.47 bits per heavy atom. The first kappa shape index (κ1) is 14.8. The normalized spacial score (nSPS) is 24.4. The van der Waals surface area contributed by atoms with Crippen LogP contribution in [0, 0.1) is 0 Å². The lowest BCUT2D eigenvalue weighted by atomic mass is 9.99. The molecule has 2 rings (SSSR count). The van der Waals surface area contributed by atoms with Gasteiger partial charge in [-0.2, -0.15) is 0 Å². The summed E-state index contributed by atoms with van der Waals surface area (Å²) in [5.74, 6) is 0.474. The van der Waals surface area contributed by atoms with Crippen molar-refractivity contribution in [3.63, 3.8) is 0 Å². The smallest absolute Gasteiger partial charge is 0.227 e. The molecular weight excluding hydrogens is 282 g/mol. The van der Waals surface area contributed by atoms with Crippen molar-refractivity contribution in [1.29, 1.82) is 0 Å². The van der Waals surface area contributed by atoms with Crippen molar-refractivity contribution in [3.8, 4) is 0 Å². The zero-order valence-corrected chi connectivity index (χ0v) is 12.9. The molecule has 2 heterocycles. The van der Waals surface area contributed by atoms with Gasteiger partial charge in [0.2, 0.25) is 5.91 Å². The Hall–Kier alpha value is -0.650. The molecule has 2 unspecified atom stereocenters. The summed E-state index contributed by atoms with van der Waals surface area (Å²) in [7, 11) is 2.13. The first-order valence-electron chi connectivity index (χ1n) is 6.57. The van der Waals surface area contributed by atoms with E-state index in [1.165, 1.54) is 11.3 Å². The lowest BCUT2D eigenvalue weighted by Gasteiger charge is -2.35. The lowest BCUT2D eigenvalue weighted by Crippen LogP contribution is -2.47. The Balaban J connectivity index is 1.81.